The number of hydrogen-bond acceptors (Lipinski definition) is 4. The molecule has 3 heterocycles. The molecule has 25 heavy (non-hydrogen) atoms. The number of hydrogen-bond donors (Lipinski definition) is 0. The summed E-state index contributed by atoms with van der Waals surface area (Å²) >= 11 is 0. The lowest BCUT2D eigenvalue weighted by Crippen LogP contribution is -2.49. The molecular formula is C20H32O4Si. The van der Waals surface area contributed by atoms with Gasteiger partial charge in [-0.2, -0.15) is 0 Å². The van der Waals surface area contributed by atoms with E-state index in [2.05, 4.69) is 52.9 Å². The molecule has 140 valence electrons. The van der Waals surface area contributed by atoms with Gasteiger partial charge in [0.05, 0.1) is 12.2 Å². The highest BCUT2D eigenvalue weighted by Crippen LogP contribution is 2.43. The fourth-order valence-electron chi connectivity index (χ4n) is 3.78. The molecule has 3 rings (SSSR count). The van der Waals surface area contributed by atoms with Crippen molar-refractivity contribution in [2.75, 3.05) is 0 Å². The summed E-state index contributed by atoms with van der Waals surface area (Å²) in [5.41, 5.74) is 0. The normalized spacial score (nSPS) is 38.9. The zero-order valence-electron chi connectivity index (χ0n) is 16.3. The van der Waals surface area contributed by atoms with Crippen LogP contribution in [0.3, 0.4) is 0 Å². The van der Waals surface area contributed by atoms with Crippen molar-refractivity contribution in [2.24, 2.45) is 11.8 Å². The second-order valence-electron chi connectivity index (χ2n) is 9.16. The third-order valence-electron chi connectivity index (χ3n) is 6.42. The third kappa shape index (κ3) is 3.70. The van der Waals surface area contributed by atoms with Gasteiger partial charge in [0.1, 0.15) is 6.10 Å². The number of fused-ring (bicyclic) bond motifs is 2. The molecule has 0 saturated carbocycles. The largest absolute Gasteiger partial charge is 0.389 e. The Bertz CT molecular complexity index is 575. The van der Waals surface area contributed by atoms with Crippen molar-refractivity contribution in [2.45, 2.75) is 83.3 Å². The monoisotopic (exact) mass is 364 g/mol. The number of carbonyl (C=O) groups excluding carboxylic acids is 1. The smallest absolute Gasteiger partial charge is 0.195 e. The molecule has 0 amide bonds. The second kappa shape index (κ2) is 6.76. The van der Waals surface area contributed by atoms with Crippen molar-refractivity contribution in [1.82, 2.24) is 0 Å². The van der Waals surface area contributed by atoms with Crippen LogP contribution in [0.5, 0.6) is 0 Å². The molecule has 0 aromatic carbocycles. The maximum absolute atomic E-state index is 12.6. The van der Waals surface area contributed by atoms with E-state index in [1.54, 1.807) is 12.2 Å². The SMILES string of the molecule is C[C@@H]1[C@H]([C@H]2O[C@@H](O[Si](C)(C)C(C)(C)C)C=CC2=O)[C@H]2CC=CC[C@@H]1O2. The van der Waals surface area contributed by atoms with E-state index in [4.69, 9.17) is 13.9 Å². The van der Waals surface area contributed by atoms with E-state index in [1.807, 2.05) is 0 Å². The molecular weight excluding hydrogens is 332 g/mol. The van der Waals surface area contributed by atoms with Crippen LogP contribution in [0.25, 0.3) is 0 Å². The lowest BCUT2D eigenvalue weighted by Gasteiger charge is -2.41. The minimum atomic E-state index is -1.96. The molecule has 0 aromatic rings. The first-order valence-electron chi connectivity index (χ1n) is 9.46. The number of carbonyl (C=O) groups is 1. The second-order valence-corrected chi connectivity index (χ2v) is 13.9. The molecule has 3 aliphatic heterocycles. The summed E-state index contributed by atoms with van der Waals surface area (Å²) in [4.78, 5) is 12.6. The molecule has 3 aliphatic rings. The van der Waals surface area contributed by atoms with E-state index < -0.39 is 20.7 Å². The Labute approximate surface area is 152 Å². The van der Waals surface area contributed by atoms with Crippen LogP contribution in [-0.2, 0) is 18.7 Å². The molecule has 6 atom stereocenters. The van der Waals surface area contributed by atoms with E-state index in [1.165, 1.54) is 0 Å². The fraction of sp³-hybridized carbons (Fsp3) is 0.750. The van der Waals surface area contributed by atoms with Gasteiger partial charge in [0, 0.05) is 5.92 Å². The maximum atomic E-state index is 12.6. The van der Waals surface area contributed by atoms with Gasteiger partial charge in [-0.1, -0.05) is 39.8 Å². The van der Waals surface area contributed by atoms with Gasteiger partial charge in [-0.3, -0.25) is 4.79 Å². The van der Waals surface area contributed by atoms with E-state index in [0.717, 1.165) is 12.8 Å². The van der Waals surface area contributed by atoms with Crippen molar-refractivity contribution >= 4 is 14.1 Å². The summed E-state index contributed by atoms with van der Waals surface area (Å²) in [6.07, 6.45) is 8.95. The Hall–Kier alpha value is -0.753. The van der Waals surface area contributed by atoms with Gasteiger partial charge in [0.25, 0.3) is 0 Å². The summed E-state index contributed by atoms with van der Waals surface area (Å²) < 4.78 is 18.8. The first kappa shape index (κ1) is 19.0. The molecule has 0 spiro atoms. The highest BCUT2D eigenvalue weighted by atomic mass is 28.4. The van der Waals surface area contributed by atoms with Crippen molar-refractivity contribution in [3.05, 3.63) is 24.3 Å². The molecule has 0 aliphatic carbocycles. The Morgan fingerprint density at radius 1 is 1.12 bits per heavy atom. The average molecular weight is 365 g/mol. The molecule has 0 unspecified atom stereocenters. The number of ketones is 1. The highest BCUT2D eigenvalue weighted by Gasteiger charge is 2.50. The van der Waals surface area contributed by atoms with Gasteiger partial charge >= 0.3 is 0 Å². The molecule has 0 radical (unpaired) electrons. The van der Waals surface area contributed by atoms with Gasteiger partial charge in [-0.05, 0) is 49.0 Å². The van der Waals surface area contributed by atoms with Crippen LogP contribution in [0.4, 0.5) is 0 Å². The van der Waals surface area contributed by atoms with Crippen LogP contribution in [0.1, 0.15) is 40.5 Å². The van der Waals surface area contributed by atoms with Gasteiger partial charge in [0.15, 0.2) is 20.4 Å². The van der Waals surface area contributed by atoms with Crippen LogP contribution < -0.4 is 0 Å². The Kier molecular flexibility index (Phi) is 5.15. The fourth-order valence-corrected chi connectivity index (χ4v) is 4.85. The molecule has 1 fully saturated rings. The van der Waals surface area contributed by atoms with Crippen LogP contribution in [0, 0.1) is 11.8 Å². The van der Waals surface area contributed by atoms with Gasteiger partial charge in [0.2, 0.25) is 0 Å². The van der Waals surface area contributed by atoms with E-state index in [0.29, 0.717) is 5.92 Å². The van der Waals surface area contributed by atoms with E-state index >= 15 is 0 Å². The topological polar surface area (TPSA) is 44.8 Å². The molecule has 0 N–H and O–H groups in total. The summed E-state index contributed by atoms with van der Waals surface area (Å²) in [5.74, 6) is 0.451. The summed E-state index contributed by atoms with van der Waals surface area (Å²) in [6, 6.07) is 0. The highest BCUT2D eigenvalue weighted by molar-refractivity contribution is 6.74. The number of ether oxygens (including phenoxy) is 2. The van der Waals surface area contributed by atoms with Crippen molar-refractivity contribution in [1.29, 1.82) is 0 Å². The molecule has 1 saturated heterocycles. The summed E-state index contributed by atoms with van der Waals surface area (Å²) in [5, 5.41) is 0.101. The Balaban J connectivity index is 1.76. The van der Waals surface area contributed by atoms with Crippen LogP contribution in [0.15, 0.2) is 24.3 Å². The zero-order chi connectivity index (χ0) is 18.4. The molecule has 2 bridgehead atoms. The predicted molar refractivity (Wildman–Crippen MR) is 101 cm³/mol. The van der Waals surface area contributed by atoms with Crippen LogP contribution in [-0.4, -0.2) is 38.7 Å². The van der Waals surface area contributed by atoms with Crippen molar-refractivity contribution in [3.63, 3.8) is 0 Å². The average Bonchev–Trinajstić information content (AvgIpc) is 2.68. The minimum Gasteiger partial charge on any atom is -0.389 e. The summed E-state index contributed by atoms with van der Waals surface area (Å²) in [6.45, 7) is 13.2. The van der Waals surface area contributed by atoms with Crippen LogP contribution >= 0.6 is 0 Å². The quantitative estimate of drug-likeness (QED) is 0.555. The summed E-state index contributed by atoms with van der Waals surface area (Å²) in [7, 11) is -1.96. The molecule has 4 nitrogen and oxygen atoms in total. The van der Waals surface area contributed by atoms with Gasteiger partial charge in [-0.25, -0.2) is 0 Å². The first-order valence-corrected chi connectivity index (χ1v) is 12.4. The van der Waals surface area contributed by atoms with E-state index in [9.17, 15) is 4.79 Å². The lowest BCUT2D eigenvalue weighted by molar-refractivity contribution is -0.157. The zero-order valence-corrected chi connectivity index (χ0v) is 17.3. The first-order chi connectivity index (χ1) is 11.6. The lowest BCUT2D eigenvalue weighted by atomic mass is 9.79. The minimum absolute atomic E-state index is 0.0470. The molecule has 5 heteroatoms. The van der Waals surface area contributed by atoms with Crippen LogP contribution in [0.2, 0.25) is 18.1 Å². The van der Waals surface area contributed by atoms with Gasteiger partial charge in [-0.15, -0.1) is 0 Å². The van der Waals surface area contributed by atoms with Gasteiger partial charge < -0.3 is 13.9 Å². The Morgan fingerprint density at radius 2 is 1.76 bits per heavy atom. The van der Waals surface area contributed by atoms with Crippen molar-refractivity contribution < 1.29 is 18.7 Å². The third-order valence-corrected chi connectivity index (χ3v) is 10.9. The maximum Gasteiger partial charge on any atom is 0.195 e. The molecule has 0 aromatic heterocycles. The Morgan fingerprint density at radius 3 is 2.40 bits per heavy atom. The van der Waals surface area contributed by atoms with Crippen molar-refractivity contribution in [3.8, 4) is 0 Å². The predicted octanol–water partition coefficient (Wildman–Crippen LogP) is 4.23. The number of rotatable bonds is 3. The standard InChI is InChI=1S/C20H32O4Si/c1-13-15-9-7-8-10-16(22-15)18(13)19-14(21)11-12-17(23-19)24-25(5,6)20(2,3)4/h7-8,11-13,15-19H,9-10H2,1-6H3/t13-,15-,16+,17-,18-,19-/m0/s1. The van der Waals surface area contributed by atoms with E-state index in [-0.39, 0.29) is 28.9 Å².